The van der Waals surface area contributed by atoms with Crippen LogP contribution in [0.5, 0.6) is 0 Å². The quantitative estimate of drug-likeness (QED) is 0.816. The number of carboxylic acid groups (broad SMARTS) is 1. The van der Waals surface area contributed by atoms with Crippen LogP contribution >= 0.6 is 15.9 Å². The minimum Gasteiger partial charge on any atom is -0.479 e. The summed E-state index contributed by atoms with van der Waals surface area (Å²) in [6.07, 6.45) is -0.0150. The van der Waals surface area contributed by atoms with Gasteiger partial charge >= 0.3 is 5.97 Å². The number of morpholine rings is 1. The lowest BCUT2D eigenvalue weighted by atomic mass is 10.1. The zero-order valence-corrected chi connectivity index (χ0v) is 14.1. The lowest BCUT2D eigenvalue weighted by molar-refractivity contribution is -0.154. The third kappa shape index (κ3) is 3.65. The number of halogens is 1. The van der Waals surface area contributed by atoms with Gasteiger partial charge in [0, 0.05) is 22.8 Å². The number of rotatable bonds is 3. The summed E-state index contributed by atoms with van der Waals surface area (Å²) in [6, 6.07) is 4.26. The van der Waals surface area contributed by atoms with Crippen LogP contribution < -0.4 is 0 Å². The minimum atomic E-state index is -3.48. The second-order valence-corrected chi connectivity index (χ2v) is 7.70. The van der Waals surface area contributed by atoms with Crippen LogP contribution in [0.25, 0.3) is 0 Å². The Morgan fingerprint density at radius 1 is 1.41 bits per heavy atom. The number of amides is 1. The van der Waals surface area contributed by atoms with Gasteiger partial charge < -0.3 is 14.7 Å². The number of sulfone groups is 1. The molecule has 0 aromatic heterocycles. The molecule has 1 amide bonds. The molecular weight excluding hydrogens is 378 g/mol. The van der Waals surface area contributed by atoms with Crippen LogP contribution in [0.2, 0.25) is 0 Å². The molecule has 120 valence electrons. The molecule has 1 N–H and O–H groups in total. The van der Waals surface area contributed by atoms with E-state index in [-0.39, 0.29) is 30.2 Å². The second-order valence-electron chi connectivity index (χ2n) is 4.87. The van der Waals surface area contributed by atoms with Crippen molar-refractivity contribution in [3.05, 3.63) is 28.2 Å². The van der Waals surface area contributed by atoms with Gasteiger partial charge in [0.2, 0.25) is 0 Å². The van der Waals surface area contributed by atoms with Crippen molar-refractivity contribution in [2.75, 3.05) is 26.0 Å². The Bertz CT molecular complexity index is 717. The molecular formula is C13H14BrNO6S. The molecule has 7 nitrogen and oxygen atoms in total. The van der Waals surface area contributed by atoms with E-state index in [0.717, 1.165) is 6.26 Å². The van der Waals surface area contributed by atoms with Gasteiger partial charge in [-0.05, 0) is 34.1 Å². The van der Waals surface area contributed by atoms with E-state index in [9.17, 15) is 18.0 Å². The molecule has 22 heavy (non-hydrogen) atoms. The van der Waals surface area contributed by atoms with E-state index in [2.05, 4.69) is 15.9 Å². The van der Waals surface area contributed by atoms with E-state index in [0.29, 0.717) is 4.47 Å². The highest BCUT2D eigenvalue weighted by atomic mass is 79.9. The minimum absolute atomic E-state index is 0.0152. The molecule has 2 rings (SSSR count). The summed E-state index contributed by atoms with van der Waals surface area (Å²) in [5.74, 6) is -1.56. The van der Waals surface area contributed by atoms with E-state index in [1.165, 1.54) is 23.1 Å². The smallest absolute Gasteiger partial charge is 0.334 e. The van der Waals surface area contributed by atoms with E-state index in [1.54, 1.807) is 0 Å². The van der Waals surface area contributed by atoms with E-state index in [1.807, 2.05) is 0 Å². The molecule has 0 spiro atoms. The van der Waals surface area contributed by atoms with Crippen molar-refractivity contribution in [2.24, 2.45) is 0 Å². The Labute approximate surface area is 135 Å². The fourth-order valence-corrected chi connectivity index (χ4v) is 3.98. The number of hydrogen-bond donors (Lipinski definition) is 1. The predicted molar refractivity (Wildman–Crippen MR) is 80.5 cm³/mol. The molecule has 0 radical (unpaired) electrons. The van der Waals surface area contributed by atoms with Gasteiger partial charge in [0.25, 0.3) is 5.91 Å². The Kier molecular flexibility index (Phi) is 4.88. The summed E-state index contributed by atoms with van der Waals surface area (Å²) < 4.78 is 28.8. The van der Waals surface area contributed by atoms with Gasteiger partial charge in [0.15, 0.2) is 15.9 Å². The van der Waals surface area contributed by atoms with Crippen LogP contribution in [-0.2, 0) is 19.4 Å². The zero-order chi connectivity index (χ0) is 16.5. The van der Waals surface area contributed by atoms with Crippen molar-refractivity contribution in [1.29, 1.82) is 0 Å². The van der Waals surface area contributed by atoms with E-state index < -0.39 is 27.8 Å². The van der Waals surface area contributed by atoms with Gasteiger partial charge in [-0.2, -0.15) is 0 Å². The van der Waals surface area contributed by atoms with Gasteiger partial charge in [0.1, 0.15) is 0 Å². The molecule has 1 aliphatic heterocycles. The summed E-state index contributed by atoms with van der Waals surface area (Å²) in [4.78, 5) is 24.7. The fourth-order valence-electron chi connectivity index (χ4n) is 2.09. The topological polar surface area (TPSA) is 101 Å². The maximum absolute atomic E-state index is 12.4. The standard InChI is InChI=1S/C13H14BrNO6S/c1-22(19,20)11-6-8(2-3-9(11)14)12(16)15-4-5-21-10(7-15)13(17)18/h2-3,6,10H,4-5,7H2,1H3,(H,17,18). The third-order valence-electron chi connectivity index (χ3n) is 3.21. The third-order valence-corrected chi connectivity index (χ3v) is 5.30. The first-order chi connectivity index (χ1) is 10.2. The van der Waals surface area contributed by atoms with Crippen molar-refractivity contribution in [1.82, 2.24) is 4.90 Å². The maximum Gasteiger partial charge on any atom is 0.334 e. The van der Waals surface area contributed by atoms with Crippen molar-refractivity contribution in [3.8, 4) is 0 Å². The van der Waals surface area contributed by atoms with E-state index in [4.69, 9.17) is 9.84 Å². The number of carbonyl (C=O) groups is 2. The zero-order valence-electron chi connectivity index (χ0n) is 11.7. The molecule has 0 aliphatic carbocycles. The molecule has 1 aromatic carbocycles. The Hall–Kier alpha value is -1.45. The number of carbonyl (C=O) groups excluding carboxylic acids is 1. The molecule has 1 aliphatic rings. The van der Waals surface area contributed by atoms with Crippen LogP contribution in [0.4, 0.5) is 0 Å². The number of carboxylic acids is 1. The lowest BCUT2D eigenvalue weighted by Gasteiger charge is -2.31. The Morgan fingerprint density at radius 3 is 2.68 bits per heavy atom. The van der Waals surface area contributed by atoms with Crippen molar-refractivity contribution < 1.29 is 27.9 Å². The maximum atomic E-state index is 12.4. The first kappa shape index (κ1) is 16.9. The highest BCUT2D eigenvalue weighted by Crippen LogP contribution is 2.24. The highest BCUT2D eigenvalue weighted by molar-refractivity contribution is 9.10. The summed E-state index contributed by atoms with van der Waals surface area (Å²) in [6.45, 7) is 0.309. The van der Waals surface area contributed by atoms with Crippen molar-refractivity contribution >= 4 is 37.6 Å². The molecule has 1 atom stereocenters. The van der Waals surface area contributed by atoms with Gasteiger partial charge in [-0.3, -0.25) is 4.79 Å². The highest BCUT2D eigenvalue weighted by Gasteiger charge is 2.30. The average molecular weight is 392 g/mol. The molecule has 0 bridgehead atoms. The SMILES string of the molecule is CS(=O)(=O)c1cc(C(=O)N2CCOC(C(=O)O)C2)ccc1Br. The fraction of sp³-hybridized carbons (Fsp3) is 0.385. The molecule has 0 saturated carbocycles. The van der Waals surface area contributed by atoms with Crippen LogP contribution in [-0.4, -0.2) is 62.4 Å². The van der Waals surface area contributed by atoms with E-state index >= 15 is 0 Å². The lowest BCUT2D eigenvalue weighted by Crippen LogP contribution is -2.48. The number of benzene rings is 1. The molecule has 1 fully saturated rings. The van der Waals surface area contributed by atoms with Crippen LogP contribution in [0.3, 0.4) is 0 Å². The molecule has 1 saturated heterocycles. The van der Waals surface area contributed by atoms with Crippen LogP contribution in [0.1, 0.15) is 10.4 Å². The molecule has 1 heterocycles. The molecule has 1 aromatic rings. The number of aliphatic carboxylic acids is 1. The summed E-state index contributed by atoms with van der Waals surface area (Å²) in [5.41, 5.74) is 0.190. The first-order valence-electron chi connectivity index (χ1n) is 6.33. The first-order valence-corrected chi connectivity index (χ1v) is 9.02. The normalized spacial score (nSPS) is 19.0. The number of nitrogens with zero attached hydrogens (tertiary/aromatic N) is 1. The van der Waals surface area contributed by atoms with Crippen molar-refractivity contribution in [2.45, 2.75) is 11.0 Å². The largest absolute Gasteiger partial charge is 0.479 e. The number of ether oxygens (including phenoxy) is 1. The summed E-state index contributed by atoms with van der Waals surface area (Å²) >= 11 is 3.14. The summed E-state index contributed by atoms with van der Waals surface area (Å²) in [7, 11) is -3.48. The Balaban J connectivity index is 2.28. The van der Waals surface area contributed by atoms with Crippen LogP contribution in [0, 0.1) is 0 Å². The second kappa shape index (κ2) is 6.35. The molecule has 1 unspecified atom stereocenters. The van der Waals surface area contributed by atoms with Crippen LogP contribution in [0.15, 0.2) is 27.6 Å². The number of hydrogen-bond acceptors (Lipinski definition) is 5. The Morgan fingerprint density at radius 2 is 2.09 bits per heavy atom. The monoisotopic (exact) mass is 391 g/mol. The van der Waals surface area contributed by atoms with Gasteiger partial charge in [-0.15, -0.1) is 0 Å². The van der Waals surface area contributed by atoms with Gasteiger partial charge in [0.05, 0.1) is 18.0 Å². The summed E-state index contributed by atoms with van der Waals surface area (Å²) in [5, 5.41) is 8.95. The van der Waals surface area contributed by atoms with Crippen molar-refractivity contribution in [3.63, 3.8) is 0 Å². The van der Waals surface area contributed by atoms with Gasteiger partial charge in [-0.25, -0.2) is 13.2 Å². The predicted octanol–water partition coefficient (Wildman–Crippen LogP) is 0.778. The molecule has 9 heteroatoms. The van der Waals surface area contributed by atoms with Gasteiger partial charge in [-0.1, -0.05) is 0 Å². The average Bonchev–Trinajstić information content (AvgIpc) is 2.46.